The summed E-state index contributed by atoms with van der Waals surface area (Å²) in [4.78, 5) is 0. The van der Waals surface area contributed by atoms with Crippen molar-refractivity contribution < 1.29 is 46.1 Å². The Balaban J connectivity index is 0.00000176. The summed E-state index contributed by atoms with van der Waals surface area (Å²) in [6.07, 6.45) is 15.5. The van der Waals surface area contributed by atoms with Crippen molar-refractivity contribution in [3.63, 3.8) is 0 Å². The average Bonchev–Trinajstić information content (AvgIpc) is 3.46. The third kappa shape index (κ3) is 5.28. The fraction of sp³-hybridized carbons (Fsp3) is 0.564. The van der Waals surface area contributed by atoms with Crippen LogP contribution in [-0.2, 0) is 32.1 Å². The molecule has 4 bridgehead atoms. The molecule has 6 aliphatic carbocycles. The van der Waals surface area contributed by atoms with E-state index in [-0.39, 0.29) is 35.6 Å². The van der Waals surface area contributed by atoms with Crippen molar-refractivity contribution >= 4 is 3.21 Å². The van der Waals surface area contributed by atoms with Crippen molar-refractivity contribution in [1.82, 2.24) is 0 Å². The molecule has 0 atom stereocenters. The zero-order valence-corrected chi connectivity index (χ0v) is 31.1. The van der Waals surface area contributed by atoms with Gasteiger partial charge in [-0.25, -0.2) is 0 Å². The molecule has 3 heteroatoms. The number of hydrogen-bond donors (Lipinski definition) is 0. The van der Waals surface area contributed by atoms with Crippen molar-refractivity contribution in [2.75, 3.05) is 0 Å². The summed E-state index contributed by atoms with van der Waals surface area (Å²) < 4.78 is 4.36. The smallest absolute Gasteiger partial charge is 1.00 e. The summed E-state index contributed by atoms with van der Waals surface area (Å²) in [5, 5.41) is 0. The molecule has 8 rings (SSSR count). The molecule has 0 aliphatic heterocycles. The van der Waals surface area contributed by atoms with E-state index in [0.29, 0.717) is 9.04 Å². The van der Waals surface area contributed by atoms with Crippen LogP contribution in [0.3, 0.4) is 0 Å². The van der Waals surface area contributed by atoms with Gasteiger partial charge in [0.15, 0.2) is 0 Å². The van der Waals surface area contributed by atoms with E-state index in [4.69, 9.17) is 0 Å². The maximum atomic E-state index is 2.66. The molecule has 2 aromatic carbocycles. The topological polar surface area (TPSA) is 0 Å². The number of halogens is 2. The van der Waals surface area contributed by atoms with E-state index in [9.17, 15) is 0 Å². The molecular formula is C39H50Cl2Zr. The Hall–Kier alpha value is -0.747. The first kappa shape index (κ1) is 32.6. The molecule has 2 aromatic rings. The number of allylic oxidation sites excluding steroid dienone is 4. The zero-order chi connectivity index (χ0) is 28.2. The molecule has 0 amide bonds. The Morgan fingerprint density at radius 1 is 0.714 bits per heavy atom. The van der Waals surface area contributed by atoms with Crippen molar-refractivity contribution in [1.29, 1.82) is 0 Å². The first-order valence-corrected chi connectivity index (χ1v) is 20.1. The molecule has 42 heavy (non-hydrogen) atoms. The van der Waals surface area contributed by atoms with Crippen LogP contribution in [0, 0.1) is 23.2 Å². The molecule has 224 valence electrons. The third-order valence-corrected chi connectivity index (χ3v) is 19.8. The van der Waals surface area contributed by atoms with E-state index in [2.05, 4.69) is 104 Å². The molecule has 0 unspecified atom stereocenters. The minimum atomic E-state index is -2.26. The number of hydrogen-bond acceptors (Lipinski definition) is 0. The van der Waals surface area contributed by atoms with Gasteiger partial charge in [0.2, 0.25) is 0 Å². The van der Waals surface area contributed by atoms with Gasteiger partial charge in [0.1, 0.15) is 0 Å². The SMILES string of the molecule is C[C](C)=[Zr+2]([C]1=C(C23CC4CC(CC(C4)C2)C3)C=CC1)[CH]1c2ccc(C(C)(C)C)cc2-c2cc(C(C)(C)C)ccc21.[Cl-].[Cl-]. The second kappa shape index (κ2) is 11.2. The first-order valence-electron chi connectivity index (χ1n) is 16.2. The van der Waals surface area contributed by atoms with Gasteiger partial charge in [-0.1, -0.05) is 0 Å². The van der Waals surface area contributed by atoms with Crippen molar-refractivity contribution in [3.8, 4) is 11.1 Å². The molecule has 0 saturated heterocycles. The monoisotopic (exact) mass is 678 g/mol. The second-order valence-corrected chi connectivity index (χ2v) is 24.0. The third-order valence-electron chi connectivity index (χ3n) is 11.4. The van der Waals surface area contributed by atoms with E-state index in [0.717, 1.165) is 17.8 Å². The number of fused-ring (bicyclic) bond motifs is 3. The summed E-state index contributed by atoms with van der Waals surface area (Å²) in [6, 6.07) is 15.2. The van der Waals surface area contributed by atoms with E-state index >= 15 is 0 Å². The molecule has 0 N–H and O–H groups in total. The van der Waals surface area contributed by atoms with E-state index in [1.54, 1.807) is 25.5 Å². The number of benzene rings is 2. The molecule has 4 saturated carbocycles. The van der Waals surface area contributed by atoms with Crippen LogP contribution in [0.4, 0.5) is 0 Å². The van der Waals surface area contributed by atoms with E-state index < -0.39 is 21.3 Å². The number of rotatable bonds is 3. The fourth-order valence-corrected chi connectivity index (χ4v) is 18.9. The maximum Gasteiger partial charge on any atom is -1.00 e. The van der Waals surface area contributed by atoms with Crippen molar-refractivity contribution in [2.45, 2.75) is 115 Å². The molecule has 0 radical (unpaired) electrons. The van der Waals surface area contributed by atoms with E-state index in [1.165, 1.54) is 56.1 Å². The zero-order valence-electron chi connectivity index (χ0n) is 27.1. The van der Waals surface area contributed by atoms with Gasteiger partial charge in [-0.3, -0.25) is 0 Å². The molecule has 0 nitrogen and oxygen atoms in total. The van der Waals surface area contributed by atoms with Gasteiger partial charge >= 0.3 is 253 Å². The van der Waals surface area contributed by atoms with Crippen LogP contribution >= 0.6 is 0 Å². The van der Waals surface area contributed by atoms with E-state index in [1.807, 2.05) is 8.85 Å². The Morgan fingerprint density at radius 3 is 1.57 bits per heavy atom. The van der Waals surface area contributed by atoms with Gasteiger partial charge in [-0.2, -0.15) is 0 Å². The summed E-state index contributed by atoms with van der Waals surface area (Å²) in [6.45, 7) is 19.2. The minimum absolute atomic E-state index is 0. The molecule has 6 aliphatic rings. The Labute approximate surface area is 276 Å². The van der Waals surface area contributed by atoms with Crippen LogP contribution in [0.15, 0.2) is 57.4 Å². The maximum absolute atomic E-state index is 2.66. The second-order valence-electron chi connectivity index (χ2n) is 16.6. The molecule has 0 heterocycles. The molecule has 0 spiro atoms. The molecule has 0 aromatic heterocycles. The standard InChI is InChI=1S/C21H25.C15H19.C3H6.2ClH.Zr/c1-20(2,3)16-9-7-14-11-15-8-10-17(21(4,5)6)13-19(15)18(14)12-16;1-2-4-14(3-1)15-8-11-5-12(9-15)7-13(6-11)10-15;1-3-2;;;/h7-13H,1-6H3;1,3,11-13H,2,5-10H2;1-2H3;2*1H;/q;;;;;+2/p-2. The van der Waals surface area contributed by atoms with Gasteiger partial charge in [0.25, 0.3) is 0 Å². The first-order chi connectivity index (χ1) is 18.8. The molecule has 4 fully saturated rings. The Morgan fingerprint density at radius 2 is 1.17 bits per heavy atom. The van der Waals surface area contributed by atoms with Crippen LogP contribution in [0.1, 0.15) is 126 Å². The van der Waals surface area contributed by atoms with Crippen molar-refractivity contribution in [3.05, 3.63) is 79.7 Å². The normalized spacial score (nSPS) is 27.3. The van der Waals surface area contributed by atoms with Crippen LogP contribution < -0.4 is 24.8 Å². The average molecular weight is 681 g/mol. The van der Waals surface area contributed by atoms with Crippen LogP contribution in [0.5, 0.6) is 0 Å². The van der Waals surface area contributed by atoms with Gasteiger partial charge in [-0.15, -0.1) is 0 Å². The summed E-state index contributed by atoms with van der Waals surface area (Å²) in [7, 11) is 0. The van der Waals surface area contributed by atoms with Crippen LogP contribution in [0.2, 0.25) is 0 Å². The Bertz CT molecular complexity index is 1390. The minimum Gasteiger partial charge on any atom is -1.00 e. The Kier molecular flexibility index (Phi) is 8.74. The van der Waals surface area contributed by atoms with Gasteiger partial charge < -0.3 is 24.8 Å². The quantitative estimate of drug-likeness (QED) is 0.444. The largest absolute Gasteiger partial charge is 1.00 e. The predicted octanol–water partition coefficient (Wildman–Crippen LogP) is 4.62. The van der Waals surface area contributed by atoms with Gasteiger partial charge in [-0.05, 0) is 0 Å². The van der Waals surface area contributed by atoms with Crippen LogP contribution in [-0.4, -0.2) is 3.21 Å². The summed E-state index contributed by atoms with van der Waals surface area (Å²) >= 11 is -2.26. The molecular weight excluding hydrogens is 631 g/mol. The fourth-order valence-electron chi connectivity index (χ4n) is 9.96. The van der Waals surface area contributed by atoms with Crippen molar-refractivity contribution in [2.24, 2.45) is 23.2 Å². The summed E-state index contributed by atoms with van der Waals surface area (Å²) in [5.74, 6) is 3.02. The summed E-state index contributed by atoms with van der Waals surface area (Å²) in [5.41, 5.74) is 12.0. The predicted molar refractivity (Wildman–Crippen MR) is 169 cm³/mol. The van der Waals surface area contributed by atoms with Gasteiger partial charge in [0, 0.05) is 0 Å². The van der Waals surface area contributed by atoms with Gasteiger partial charge in [0.05, 0.1) is 0 Å². The van der Waals surface area contributed by atoms with Crippen LogP contribution in [0.25, 0.3) is 11.1 Å².